The van der Waals surface area contributed by atoms with Crippen LogP contribution in [0.25, 0.3) is 0 Å². The van der Waals surface area contributed by atoms with Gasteiger partial charge in [-0.05, 0) is 32.6 Å². The maximum Gasteiger partial charge on any atom is 0.518 e. The third-order valence-electron chi connectivity index (χ3n) is 10.8. The van der Waals surface area contributed by atoms with E-state index < -0.39 is 43.3 Å². The van der Waals surface area contributed by atoms with Crippen LogP contribution < -0.4 is 0 Å². The van der Waals surface area contributed by atoms with Gasteiger partial charge < -0.3 is 29.9 Å². The Balaban J connectivity index is 2.60. The van der Waals surface area contributed by atoms with Crippen LogP contribution in [0.1, 0.15) is 201 Å². The average molecular weight is 701 g/mol. The van der Waals surface area contributed by atoms with E-state index in [1.54, 1.807) is 6.92 Å². The zero-order valence-electron chi connectivity index (χ0n) is 32.5. The molecule has 2 unspecified atom stereocenters. The summed E-state index contributed by atoms with van der Waals surface area (Å²) >= 11 is 0. The van der Waals surface area contributed by atoms with Crippen LogP contribution in [0.5, 0.6) is 0 Å². The highest BCUT2D eigenvalue weighted by Gasteiger charge is 2.57. The second kappa shape index (κ2) is 30.8. The summed E-state index contributed by atoms with van der Waals surface area (Å²) in [5.41, 5.74) is 0. The topological polar surface area (TPSA) is 116 Å². The van der Waals surface area contributed by atoms with Gasteiger partial charge in [-0.2, -0.15) is 9.28 Å². The van der Waals surface area contributed by atoms with E-state index in [-0.39, 0.29) is 11.1 Å². The first-order valence-corrected chi connectivity index (χ1v) is 21.2. The van der Waals surface area contributed by atoms with E-state index in [1.165, 1.54) is 141 Å². The number of amides is 1. The number of ether oxygens (including phenoxy) is 2. The Kier molecular flexibility index (Phi) is 29.1. The molecule has 8 heteroatoms. The molecule has 1 fully saturated rings. The zero-order chi connectivity index (χ0) is 36.0. The Labute approximate surface area is 302 Å². The number of carbonyl (C=O) groups is 1. The molecule has 8 nitrogen and oxygen atoms in total. The van der Waals surface area contributed by atoms with E-state index in [0.29, 0.717) is 13.1 Å². The average Bonchev–Trinajstić information content (AvgIpc) is 3.10. The van der Waals surface area contributed by atoms with Gasteiger partial charge in [0.25, 0.3) is 0 Å². The Bertz CT molecular complexity index is 753. The summed E-state index contributed by atoms with van der Waals surface area (Å²) in [6.07, 6.45) is 27.6. The van der Waals surface area contributed by atoms with Gasteiger partial charge in [-0.25, -0.2) is 0 Å². The molecule has 292 valence electrons. The number of quaternary nitrogens is 1. The Morgan fingerprint density at radius 1 is 0.510 bits per heavy atom. The van der Waals surface area contributed by atoms with E-state index >= 15 is 0 Å². The first kappa shape index (κ1) is 46.3. The number of hydrogen-bond donors (Lipinski definition) is 4. The summed E-state index contributed by atoms with van der Waals surface area (Å²) in [7, 11) is 0. The smallest absolute Gasteiger partial charge is 0.420 e. The Morgan fingerprint density at radius 3 is 1.14 bits per heavy atom. The summed E-state index contributed by atoms with van der Waals surface area (Å²) in [4.78, 5) is 13.8. The van der Waals surface area contributed by atoms with Crippen LogP contribution in [0.2, 0.25) is 0 Å². The van der Waals surface area contributed by atoms with E-state index in [2.05, 4.69) is 13.8 Å². The molecule has 0 aromatic rings. The van der Waals surface area contributed by atoms with Gasteiger partial charge in [0, 0.05) is 0 Å². The summed E-state index contributed by atoms with van der Waals surface area (Å²) in [6, 6.07) is 0. The van der Waals surface area contributed by atoms with Crippen molar-refractivity contribution in [2.75, 3.05) is 26.3 Å². The summed E-state index contributed by atoms with van der Waals surface area (Å²) in [6.45, 7) is 6.84. The molecular formula is C41H82NO7+. The molecule has 1 amide bonds. The van der Waals surface area contributed by atoms with E-state index in [0.717, 1.165) is 38.5 Å². The van der Waals surface area contributed by atoms with Gasteiger partial charge >= 0.3 is 6.09 Å². The van der Waals surface area contributed by atoms with Gasteiger partial charge in [-0.15, -0.1) is 0 Å². The summed E-state index contributed by atoms with van der Waals surface area (Å²) in [5.74, 6) is 0. The van der Waals surface area contributed by atoms with Gasteiger partial charge in [-0.3, -0.25) is 0 Å². The molecule has 4 N–H and O–H groups in total. The fourth-order valence-corrected chi connectivity index (χ4v) is 7.57. The monoisotopic (exact) mass is 701 g/mol. The molecule has 1 saturated heterocycles. The molecule has 1 rings (SSSR count). The molecule has 0 bridgehead atoms. The van der Waals surface area contributed by atoms with Crippen molar-refractivity contribution < 1.29 is 39.2 Å². The van der Waals surface area contributed by atoms with Crippen LogP contribution in [0.4, 0.5) is 4.79 Å². The molecule has 1 aliphatic heterocycles. The van der Waals surface area contributed by atoms with Crippen molar-refractivity contribution in [3.05, 3.63) is 0 Å². The molecule has 1 heterocycles. The number of aliphatic hydroxyl groups excluding tert-OH is 4. The quantitative estimate of drug-likeness (QED) is 0.0398. The maximum atomic E-state index is 13.8. The van der Waals surface area contributed by atoms with Crippen LogP contribution in [0.15, 0.2) is 0 Å². The Hall–Kier alpha value is -0.770. The summed E-state index contributed by atoms with van der Waals surface area (Å²) in [5, 5.41) is 42.2. The minimum Gasteiger partial charge on any atom is -0.420 e. The third kappa shape index (κ3) is 19.6. The molecule has 6 atom stereocenters. The molecular weight excluding hydrogens is 618 g/mol. The number of aliphatic hydroxyl groups is 4. The van der Waals surface area contributed by atoms with E-state index in [1.807, 2.05) is 0 Å². The van der Waals surface area contributed by atoms with Gasteiger partial charge in [0.1, 0.15) is 18.3 Å². The molecule has 49 heavy (non-hydrogen) atoms. The SMILES string of the molecule is CCCCCCCCCCCCCCCCCC[N+](CCCCCCCCCCCCCC)(C(=O)OCC)C1O[C@H](CO)[C@@H](O)[C@H](O)[C@H]1O. The predicted molar refractivity (Wildman–Crippen MR) is 201 cm³/mol. The molecule has 0 saturated carbocycles. The van der Waals surface area contributed by atoms with E-state index in [9.17, 15) is 25.2 Å². The Morgan fingerprint density at radius 2 is 0.837 bits per heavy atom. The van der Waals surface area contributed by atoms with Gasteiger partial charge in [0.2, 0.25) is 6.23 Å². The summed E-state index contributed by atoms with van der Waals surface area (Å²) < 4.78 is 11.4. The highest BCUT2D eigenvalue weighted by molar-refractivity contribution is 5.60. The number of carbonyl (C=O) groups excluding carboxylic acids is 1. The van der Waals surface area contributed by atoms with Crippen molar-refractivity contribution in [3.8, 4) is 0 Å². The highest BCUT2D eigenvalue weighted by Crippen LogP contribution is 2.32. The van der Waals surface area contributed by atoms with Crippen LogP contribution in [-0.2, 0) is 9.47 Å². The molecule has 0 aromatic heterocycles. The fourth-order valence-electron chi connectivity index (χ4n) is 7.57. The van der Waals surface area contributed by atoms with Gasteiger partial charge in [-0.1, -0.05) is 168 Å². The number of unbranched alkanes of at least 4 members (excludes halogenated alkanes) is 26. The highest BCUT2D eigenvalue weighted by atomic mass is 16.6. The lowest BCUT2D eigenvalue weighted by Gasteiger charge is -2.48. The van der Waals surface area contributed by atoms with Crippen molar-refractivity contribution in [1.82, 2.24) is 0 Å². The normalized spacial score (nSPS) is 22.3. The van der Waals surface area contributed by atoms with Crippen molar-refractivity contribution >= 4 is 6.09 Å². The zero-order valence-corrected chi connectivity index (χ0v) is 32.5. The molecule has 0 aromatic carbocycles. The lowest BCUT2D eigenvalue weighted by Crippen LogP contribution is -2.72. The van der Waals surface area contributed by atoms with Crippen molar-refractivity contribution in [2.45, 2.75) is 231 Å². The minimum atomic E-state index is -1.52. The molecule has 0 radical (unpaired) electrons. The van der Waals surface area contributed by atoms with Gasteiger partial charge in [0.05, 0.1) is 26.3 Å². The number of hydrogen-bond acceptors (Lipinski definition) is 7. The van der Waals surface area contributed by atoms with Gasteiger partial charge in [0.15, 0.2) is 6.10 Å². The molecule has 1 aliphatic rings. The predicted octanol–water partition coefficient (Wildman–Crippen LogP) is 9.72. The lowest BCUT2D eigenvalue weighted by molar-refractivity contribution is -0.915. The van der Waals surface area contributed by atoms with Crippen molar-refractivity contribution in [1.29, 1.82) is 0 Å². The third-order valence-corrected chi connectivity index (χ3v) is 10.8. The number of rotatable bonds is 33. The minimum absolute atomic E-state index is 0.202. The van der Waals surface area contributed by atoms with Crippen LogP contribution in [0.3, 0.4) is 0 Å². The van der Waals surface area contributed by atoms with Crippen molar-refractivity contribution in [3.63, 3.8) is 0 Å². The largest absolute Gasteiger partial charge is 0.518 e. The number of nitrogens with zero attached hydrogens (tertiary/aromatic N) is 1. The first-order valence-electron chi connectivity index (χ1n) is 21.2. The van der Waals surface area contributed by atoms with Crippen LogP contribution >= 0.6 is 0 Å². The second-order valence-corrected chi connectivity index (χ2v) is 15.1. The maximum absolute atomic E-state index is 13.8. The molecule has 0 aliphatic carbocycles. The second-order valence-electron chi connectivity index (χ2n) is 15.1. The first-order chi connectivity index (χ1) is 23.9. The van der Waals surface area contributed by atoms with Crippen molar-refractivity contribution in [2.24, 2.45) is 0 Å². The van der Waals surface area contributed by atoms with Crippen LogP contribution in [0, 0.1) is 0 Å². The van der Waals surface area contributed by atoms with Crippen LogP contribution in [-0.4, -0.2) is 87.9 Å². The molecule has 0 spiro atoms. The standard InChI is InChI=1S/C41H82NO7/c1-4-7-9-11-13-15-17-19-20-21-22-24-26-28-30-32-34-42(41(47)48-6-3,40-39(46)38(45)37(44)36(35-43)49-40)33-31-29-27-25-23-18-16-14-12-10-8-5-2/h36-40,43-46H,4-35H2,1-3H3/q+1/t36-,37-,38+,39-,40?,42?/m1/s1. The fraction of sp³-hybridized carbons (Fsp3) is 0.976. The van der Waals surface area contributed by atoms with E-state index in [4.69, 9.17) is 9.47 Å². The lowest BCUT2D eigenvalue weighted by atomic mass is 9.96.